The molecule has 1 aromatic heterocycles. The highest BCUT2D eigenvalue weighted by atomic mass is 35.5. The second-order valence-electron chi connectivity index (χ2n) is 6.09. The Hall–Kier alpha value is -3.39. The van der Waals surface area contributed by atoms with Gasteiger partial charge in [0.15, 0.2) is 18.5 Å². The third-order valence-electron chi connectivity index (χ3n) is 4.03. The van der Waals surface area contributed by atoms with E-state index in [4.69, 9.17) is 26.8 Å². The Morgan fingerprint density at radius 1 is 1.21 bits per heavy atom. The summed E-state index contributed by atoms with van der Waals surface area (Å²) in [5, 5.41) is 3.62. The molecular weight excluding hydrogens is 382 g/mol. The van der Waals surface area contributed by atoms with Gasteiger partial charge in [-0.15, -0.1) is 0 Å². The summed E-state index contributed by atoms with van der Waals surface area (Å²) in [5.41, 5.74) is 7.40. The van der Waals surface area contributed by atoms with Crippen LogP contribution in [0.4, 0.5) is 17.6 Å². The van der Waals surface area contributed by atoms with Crippen molar-refractivity contribution in [1.29, 1.82) is 0 Å². The number of hydrogen-bond acceptors (Lipinski definition) is 8. The number of nitrogens with two attached hydrogens (primary N) is 1. The fourth-order valence-corrected chi connectivity index (χ4v) is 2.98. The van der Waals surface area contributed by atoms with Crippen LogP contribution in [0.3, 0.4) is 0 Å². The first-order valence-electron chi connectivity index (χ1n) is 8.51. The SMILES string of the molecule is Nc1nc(COC(=O)C2Cc3cc(Cl)ccc3O2)nc(Nc2ccccc2)n1. The number of ether oxygens (including phenoxy) is 2. The summed E-state index contributed by atoms with van der Waals surface area (Å²) in [6, 6.07) is 14.6. The van der Waals surface area contributed by atoms with Crippen LogP contribution in [-0.2, 0) is 22.6 Å². The molecule has 8 nitrogen and oxygen atoms in total. The van der Waals surface area contributed by atoms with Gasteiger partial charge in [-0.25, -0.2) is 4.79 Å². The lowest BCUT2D eigenvalue weighted by molar-refractivity contribution is -0.152. The number of para-hydroxylation sites is 1. The molecule has 0 amide bonds. The van der Waals surface area contributed by atoms with Gasteiger partial charge < -0.3 is 20.5 Å². The average molecular weight is 398 g/mol. The molecule has 1 unspecified atom stereocenters. The number of nitrogens with zero attached hydrogens (tertiary/aromatic N) is 3. The maximum absolute atomic E-state index is 12.3. The largest absolute Gasteiger partial charge is 0.478 e. The topological polar surface area (TPSA) is 112 Å². The molecule has 0 spiro atoms. The van der Waals surface area contributed by atoms with Crippen LogP contribution < -0.4 is 15.8 Å². The van der Waals surface area contributed by atoms with Crippen LogP contribution in [0.1, 0.15) is 11.4 Å². The van der Waals surface area contributed by atoms with Crippen molar-refractivity contribution in [2.45, 2.75) is 19.1 Å². The number of benzene rings is 2. The number of carbonyl (C=O) groups is 1. The van der Waals surface area contributed by atoms with Gasteiger partial charge in [-0.3, -0.25) is 0 Å². The third-order valence-corrected chi connectivity index (χ3v) is 4.27. The van der Waals surface area contributed by atoms with Crippen LogP contribution in [-0.4, -0.2) is 27.0 Å². The molecule has 9 heteroatoms. The van der Waals surface area contributed by atoms with Crippen molar-refractivity contribution in [1.82, 2.24) is 15.0 Å². The maximum Gasteiger partial charge on any atom is 0.348 e. The standard InChI is InChI=1S/C19H16ClN5O3/c20-12-6-7-14-11(8-12)9-15(28-14)17(26)27-10-16-23-18(21)25-19(24-16)22-13-4-2-1-3-5-13/h1-8,15H,9-10H2,(H3,21,22,23,24,25). The van der Waals surface area contributed by atoms with Gasteiger partial charge in [0.1, 0.15) is 5.75 Å². The van der Waals surface area contributed by atoms with E-state index >= 15 is 0 Å². The van der Waals surface area contributed by atoms with Gasteiger partial charge >= 0.3 is 5.97 Å². The lowest BCUT2D eigenvalue weighted by Crippen LogP contribution is -2.27. The summed E-state index contributed by atoms with van der Waals surface area (Å²) in [4.78, 5) is 24.6. The van der Waals surface area contributed by atoms with Crippen molar-refractivity contribution >= 4 is 35.2 Å². The van der Waals surface area contributed by atoms with Gasteiger partial charge in [0, 0.05) is 17.1 Å². The number of nitrogen functional groups attached to an aromatic ring is 1. The van der Waals surface area contributed by atoms with Crippen molar-refractivity contribution in [3.05, 3.63) is 64.9 Å². The van der Waals surface area contributed by atoms with Crippen LogP contribution >= 0.6 is 11.6 Å². The van der Waals surface area contributed by atoms with E-state index in [-0.39, 0.29) is 24.3 Å². The van der Waals surface area contributed by atoms with Crippen molar-refractivity contribution in [2.75, 3.05) is 11.1 Å². The average Bonchev–Trinajstić information content (AvgIpc) is 3.10. The summed E-state index contributed by atoms with van der Waals surface area (Å²) in [6.07, 6.45) is -0.330. The number of anilines is 3. The highest BCUT2D eigenvalue weighted by molar-refractivity contribution is 6.30. The molecule has 1 aliphatic heterocycles. The van der Waals surface area contributed by atoms with Crippen molar-refractivity contribution in [2.24, 2.45) is 0 Å². The minimum atomic E-state index is -0.727. The fourth-order valence-electron chi connectivity index (χ4n) is 2.79. The zero-order chi connectivity index (χ0) is 19.5. The molecule has 0 radical (unpaired) electrons. The highest BCUT2D eigenvalue weighted by Crippen LogP contribution is 2.31. The number of aromatic nitrogens is 3. The number of hydrogen-bond donors (Lipinski definition) is 2. The number of carbonyl (C=O) groups excluding carboxylic acids is 1. The molecule has 4 rings (SSSR count). The monoisotopic (exact) mass is 397 g/mol. The Labute approximate surface area is 165 Å². The minimum Gasteiger partial charge on any atom is -0.478 e. The molecule has 0 saturated carbocycles. The molecule has 1 aliphatic rings. The van der Waals surface area contributed by atoms with E-state index in [0.29, 0.717) is 17.2 Å². The lowest BCUT2D eigenvalue weighted by Gasteiger charge is -2.11. The molecule has 0 aliphatic carbocycles. The Bertz CT molecular complexity index is 1020. The lowest BCUT2D eigenvalue weighted by atomic mass is 10.1. The third kappa shape index (κ3) is 4.12. The first-order valence-corrected chi connectivity index (χ1v) is 8.89. The maximum atomic E-state index is 12.3. The van der Waals surface area contributed by atoms with Crippen LogP contribution in [0.25, 0.3) is 0 Å². The summed E-state index contributed by atoms with van der Waals surface area (Å²) in [7, 11) is 0. The summed E-state index contributed by atoms with van der Waals surface area (Å²) >= 11 is 5.97. The van der Waals surface area contributed by atoms with E-state index in [1.165, 1.54) is 0 Å². The number of halogens is 1. The van der Waals surface area contributed by atoms with E-state index in [1.54, 1.807) is 18.2 Å². The predicted octanol–water partition coefficient (Wildman–Crippen LogP) is 2.90. The summed E-state index contributed by atoms with van der Waals surface area (Å²) in [5.74, 6) is 0.648. The number of rotatable bonds is 5. The smallest absolute Gasteiger partial charge is 0.348 e. The van der Waals surface area contributed by atoms with Gasteiger partial charge in [0.2, 0.25) is 11.9 Å². The molecule has 3 N–H and O–H groups in total. The van der Waals surface area contributed by atoms with E-state index < -0.39 is 12.1 Å². The Balaban J connectivity index is 1.39. The van der Waals surface area contributed by atoms with E-state index in [0.717, 1.165) is 11.3 Å². The first-order chi connectivity index (χ1) is 13.6. The summed E-state index contributed by atoms with van der Waals surface area (Å²) < 4.78 is 10.9. The molecule has 2 aromatic carbocycles. The molecule has 0 fully saturated rings. The van der Waals surface area contributed by atoms with Gasteiger partial charge in [-0.2, -0.15) is 15.0 Å². The molecule has 28 heavy (non-hydrogen) atoms. The molecule has 3 aromatic rings. The zero-order valence-electron chi connectivity index (χ0n) is 14.6. The van der Waals surface area contributed by atoms with Crippen LogP contribution in [0.15, 0.2) is 48.5 Å². The molecule has 1 atom stereocenters. The second-order valence-corrected chi connectivity index (χ2v) is 6.53. The van der Waals surface area contributed by atoms with Crippen molar-refractivity contribution < 1.29 is 14.3 Å². The number of nitrogens with one attached hydrogen (secondary N) is 1. The van der Waals surface area contributed by atoms with Crippen LogP contribution in [0.2, 0.25) is 5.02 Å². The van der Waals surface area contributed by atoms with E-state index in [1.807, 2.05) is 30.3 Å². The molecule has 142 valence electrons. The minimum absolute atomic E-state index is 0.0265. The highest BCUT2D eigenvalue weighted by Gasteiger charge is 2.30. The van der Waals surface area contributed by atoms with E-state index in [2.05, 4.69) is 20.3 Å². The molecule has 0 bridgehead atoms. The Kier molecular flexibility index (Phi) is 4.94. The van der Waals surface area contributed by atoms with Crippen LogP contribution in [0, 0.1) is 0 Å². The molecule has 0 saturated heterocycles. The van der Waals surface area contributed by atoms with Crippen molar-refractivity contribution in [3.8, 4) is 5.75 Å². The quantitative estimate of drug-likeness (QED) is 0.632. The first kappa shape index (κ1) is 18.0. The number of fused-ring (bicyclic) bond motifs is 1. The zero-order valence-corrected chi connectivity index (χ0v) is 15.4. The normalized spacial score (nSPS) is 14.8. The van der Waals surface area contributed by atoms with E-state index in [9.17, 15) is 4.79 Å². The summed E-state index contributed by atoms with van der Waals surface area (Å²) in [6.45, 7) is -0.147. The van der Waals surface area contributed by atoms with Gasteiger partial charge in [-0.05, 0) is 35.9 Å². The van der Waals surface area contributed by atoms with Gasteiger partial charge in [-0.1, -0.05) is 29.8 Å². The predicted molar refractivity (Wildman–Crippen MR) is 103 cm³/mol. The Morgan fingerprint density at radius 3 is 2.86 bits per heavy atom. The van der Waals surface area contributed by atoms with Gasteiger partial charge in [0.05, 0.1) is 0 Å². The fraction of sp³-hybridized carbons (Fsp3) is 0.158. The van der Waals surface area contributed by atoms with Crippen molar-refractivity contribution in [3.63, 3.8) is 0 Å². The number of esters is 1. The Morgan fingerprint density at radius 2 is 2.04 bits per heavy atom. The van der Waals surface area contributed by atoms with Crippen LogP contribution in [0.5, 0.6) is 5.75 Å². The van der Waals surface area contributed by atoms with Gasteiger partial charge in [0.25, 0.3) is 0 Å². The second kappa shape index (κ2) is 7.69. The molecular formula is C19H16ClN5O3. The molecule has 2 heterocycles.